The molecule has 0 radical (unpaired) electrons. The Morgan fingerprint density at radius 1 is 1.21 bits per heavy atom. The molecule has 5 heteroatoms. The van der Waals surface area contributed by atoms with E-state index in [1.54, 1.807) is 9.80 Å². The second kappa shape index (κ2) is 5.97. The van der Waals surface area contributed by atoms with E-state index in [4.69, 9.17) is 5.26 Å². The molecule has 1 aromatic heterocycles. The van der Waals surface area contributed by atoms with E-state index in [-0.39, 0.29) is 11.8 Å². The maximum Gasteiger partial charge on any atom is 0.233 e. The number of anilines is 1. The highest BCUT2D eigenvalue weighted by atomic mass is 16.2. The number of fused-ring (bicyclic) bond motifs is 1. The fourth-order valence-corrected chi connectivity index (χ4v) is 3.54. The molecule has 0 N–H and O–H groups in total. The van der Waals surface area contributed by atoms with Gasteiger partial charge in [-0.15, -0.1) is 0 Å². The molecule has 3 heterocycles. The first-order chi connectivity index (χ1) is 11.8. The topological polar surface area (TPSA) is 60.2 Å². The summed E-state index contributed by atoms with van der Waals surface area (Å²) in [7, 11) is 0. The van der Waals surface area contributed by atoms with E-state index < -0.39 is 0 Å². The van der Waals surface area contributed by atoms with E-state index in [2.05, 4.69) is 29.4 Å². The highest BCUT2D eigenvalue weighted by Gasteiger charge is 2.35. The normalized spacial score (nSPS) is 19.2. The van der Waals surface area contributed by atoms with Crippen molar-refractivity contribution in [2.45, 2.75) is 12.8 Å². The predicted octanol–water partition coefficient (Wildman–Crippen LogP) is 2.44. The lowest BCUT2D eigenvalue weighted by Gasteiger charge is -2.20. The van der Waals surface area contributed by atoms with E-state index in [1.807, 2.05) is 24.4 Å². The average Bonchev–Trinajstić information content (AvgIpc) is 3.28. The third-order valence-electron chi connectivity index (χ3n) is 4.86. The molecule has 1 saturated heterocycles. The molecule has 24 heavy (non-hydrogen) atoms. The predicted molar refractivity (Wildman–Crippen MR) is 91.0 cm³/mol. The Labute approximate surface area is 141 Å². The SMILES string of the molecule is N#CN1CC[C@H](C(=O)N2CCc3cc(-c4ccccc4)cnc32)C1. The number of aromatic nitrogens is 1. The number of likely N-dealkylation sites (tertiary alicyclic amines) is 1. The van der Waals surface area contributed by atoms with Crippen LogP contribution in [0.4, 0.5) is 5.82 Å². The zero-order valence-electron chi connectivity index (χ0n) is 13.4. The Balaban J connectivity index is 1.57. The molecule has 5 nitrogen and oxygen atoms in total. The maximum absolute atomic E-state index is 12.8. The molecule has 120 valence electrons. The van der Waals surface area contributed by atoms with Gasteiger partial charge in [-0.1, -0.05) is 30.3 Å². The summed E-state index contributed by atoms with van der Waals surface area (Å²) in [6, 6.07) is 12.3. The number of hydrogen-bond acceptors (Lipinski definition) is 4. The quantitative estimate of drug-likeness (QED) is 0.798. The molecule has 0 unspecified atom stereocenters. The summed E-state index contributed by atoms with van der Waals surface area (Å²) in [6.07, 6.45) is 5.56. The van der Waals surface area contributed by atoms with Crippen LogP contribution in [0.15, 0.2) is 42.6 Å². The van der Waals surface area contributed by atoms with Crippen LogP contribution in [0.25, 0.3) is 11.1 Å². The Morgan fingerprint density at radius 2 is 2.04 bits per heavy atom. The van der Waals surface area contributed by atoms with Gasteiger partial charge in [0, 0.05) is 31.4 Å². The highest BCUT2D eigenvalue weighted by molar-refractivity contribution is 5.96. The molecule has 1 aromatic carbocycles. The summed E-state index contributed by atoms with van der Waals surface area (Å²) in [4.78, 5) is 20.8. The lowest BCUT2D eigenvalue weighted by Crippen LogP contribution is -2.36. The third kappa shape index (κ3) is 2.50. The third-order valence-corrected chi connectivity index (χ3v) is 4.86. The van der Waals surface area contributed by atoms with E-state index in [0.717, 1.165) is 35.3 Å². The van der Waals surface area contributed by atoms with Crippen LogP contribution in [-0.4, -0.2) is 35.4 Å². The maximum atomic E-state index is 12.8. The van der Waals surface area contributed by atoms with Gasteiger partial charge in [0.1, 0.15) is 5.82 Å². The zero-order chi connectivity index (χ0) is 16.5. The molecule has 0 bridgehead atoms. The van der Waals surface area contributed by atoms with E-state index in [0.29, 0.717) is 19.6 Å². The molecular formula is C19H18N4O. The molecule has 2 aromatic rings. The van der Waals surface area contributed by atoms with Crippen molar-refractivity contribution in [3.05, 3.63) is 48.2 Å². The molecule has 2 aliphatic rings. The minimum Gasteiger partial charge on any atom is -0.310 e. The number of pyridine rings is 1. The molecule has 0 saturated carbocycles. The fourth-order valence-electron chi connectivity index (χ4n) is 3.54. The van der Waals surface area contributed by atoms with Gasteiger partial charge in [-0.25, -0.2) is 4.98 Å². The van der Waals surface area contributed by atoms with Gasteiger partial charge in [-0.3, -0.25) is 9.69 Å². The summed E-state index contributed by atoms with van der Waals surface area (Å²) in [5.41, 5.74) is 3.35. The van der Waals surface area contributed by atoms with Crippen molar-refractivity contribution in [1.29, 1.82) is 5.26 Å². The number of nitriles is 1. The number of carbonyl (C=O) groups is 1. The minimum atomic E-state index is -0.0915. The average molecular weight is 318 g/mol. The lowest BCUT2D eigenvalue weighted by atomic mass is 10.1. The summed E-state index contributed by atoms with van der Waals surface area (Å²) in [6.45, 7) is 1.89. The van der Waals surface area contributed by atoms with Crippen molar-refractivity contribution in [2.75, 3.05) is 24.5 Å². The summed E-state index contributed by atoms with van der Waals surface area (Å²) < 4.78 is 0. The van der Waals surface area contributed by atoms with Crippen LogP contribution in [0.5, 0.6) is 0 Å². The summed E-state index contributed by atoms with van der Waals surface area (Å²) >= 11 is 0. The first-order valence-corrected chi connectivity index (χ1v) is 8.26. The second-order valence-corrected chi connectivity index (χ2v) is 6.34. The molecule has 1 atom stereocenters. The van der Waals surface area contributed by atoms with Crippen LogP contribution in [-0.2, 0) is 11.2 Å². The van der Waals surface area contributed by atoms with Gasteiger partial charge < -0.3 is 4.90 Å². The number of carbonyl (C=O) groups excluding carboxylic acids is 1. The van der Waals surface area contributed by atoms with Gasteiger partial charge in [0.2, 0.25) is 5.91 Å². The van der Waals surface area contributed by atoms with Crippen LogP contribution < -0.4 is 4.90 Å². The van der Waals surface area contributed by atoms with E-state index in [1.165, 1.54) is 0 Å². The smallest absolute Gasteiger partial charge is 0.233 e. The van der Waals surface area contributed by atoms with Crippen LogP contribution in [0, 0.1) is 17.4 Å². The van der Waals surface area contributed by atoms with Crippen molar-refractivity contribution in [1.82, 2.24) is 9.88 Å². The first kappa shape index (κ1) is 14.7. The second-order valence-electron chi connectivity index (χ2n) is 6.34. The molecule has 4 rings (SSSR count). The fraction of sp³-hybridized carbons (Fsp3) is 0.316. The van der Waals surface area contributed by atoms with Crippen molar-refractivity contribution >= 4 is 11.7 Å². The van der Waals surface area contributed by atoms with Crippen LogP contribution in [0.1, 0.15) is 12.0 Å². The van der Waals surface area contributed by atoms with Gasteiger partial charge in [0.15, 0.2) is 6.19 Å². The Bertz CT molecular complexity index is 812. The van der Waals surface area contributed by atoms with Crippen LogP contribution in [0.3, 0.4) is 0 Å². The zero-order valence-corrected chi connectivity index (χ0v) is 13.4. The molecular weight excluding hydrogens is 300 g/mol. The standard InChI is InChI=1S/C19H18N4O/c20-13-22-8-6-16(12-22)19(24)23-9-7-15-10-17(11-21-18(15)23)14-4-2-1-3-5-14/h1-5,10-11,16H,6-9,12H2/t16-/m0/s1. The largest absolute Gasteiger partial charge is 0.310 e. The molecule has 0 aliphatic carbocycles. The van der Waals surface area contributed by atoms with Gasteiger partial charge in [-0.2, -0.15) is 5.26 Å². The van der Waals surface area contributed by atoms with Gasteiger partial charge in [-0.05, 0) is 30.0 Å². The highest BCUT2D eigenvalue weighted by Crippen LogP contribution is 2.32. The lowest BCUT2D eigenvalue weighted by molar-refractivity contribution is -0.121. The summed E-state index contributed by atoms with van der Waals surface area (Å²) in [5.74, 6) is 0.799. The Hall–Kier alpha value is -2.87. The van der Waals surface area contributed by atoms with Crippen molar-refractivity contribution in [2.24, 2.45) is 5.92 Å². The Morgan fingerprint density at radius 3 is 2.79 bits per heavy atom. The number of rotatable bonds is 2. The number of hydrogen-bond donors (Lipinski definition) is 0. The molecule has 0 spiro atoms. The monoisotopic (exact) mass is 318 g/mol. The first-order valence-electron chi connectivity index (χ1n) is 8.26. The van der Waals surface area contributed by atoms with Crippen LogP contribution >= 0.6 is 0 Å². The number of benzene rings is 1. The van der Waals surface area contributed by atoms with Crippen molar-refractivity contribution < 1.29 is 4.79 Å². The number of nitrogens with zero attached hydrogens (tertiary/aromatic N) is 4. The number of amides is 1. The molecule has 1 fully saturated rings. The molecule has 2 aliphatic heterocycles. The van der Waals surface area contributed by atoms with Crippen molar-refractivity contribution in [3.63, 3.8) is 0 Å². The Kier molecular flexibility index (Phi) is 3.66. The van der Waals surface area contributed by atoms with Gasteiger partial charge in [0.05, 0.1) is 5.92 Å². The van der Waals surface area contributed by atoms with Gasteiger partial charge in [0.25, 0.3) is 0 Å². The van der Waals surface area contributed by atoms with Crippen LogP contribution in [0.2, 0.25) is 0 Å². The molecule has 1 amide bonds. The van der Waals surface area contributed by atoms with Crippen molar-refractivity contribution in [3.8, 4) is 17.3 Å². The minimum absolute atomic E-state index is 0.0915. The van der Waals surface area contributed by atoms with E-state index >= 15 is 0 Å². The van der Waals surface area contributed by atoms with E-state index in [9.17, 15) is 4.79 Å². The van der Waals surface area contributed by atoms with Gasteiger partial charge >= 0.3 is 0 Å². The summed E-state index contributed by atoms with van der Waals surface area (Å²) in [5, 5.41) is 8.97.